The van der Waals surface area contributed by atoms with Crippen molar-refractivity contribution in [2.24, 2.45) is 5.10 Å². The molecule has 4 nitrogen and oxygen atoms in total. The average Bonchev–Trinajstić information content (AvgIpc) is 2.95. The first-order valence-corrected chi connectivity index (χ1v) is 8.55. The van der Waals surface area contributed by atoms with Gasteiger partial charge in [-0.25, -0.2) is 5.10 Å². The minimum atomic E-state index is 0.449. The van der Waals surface area contributed by atoms with Crippen molar-refractivity contribution in [3.05, 3.63) is 75.0 Å². The Morgan fingerprint density at radius 3 is 2.62 bits per heavy atom. The van der Waals surface area contributed by atoms with E-state index >= 15 is 0 Å². The molecule has 0 aliphatic rings. The summed E-state index contributed by atoms with van der Waals surface area (Å²) in [5.41, 5.74) is 3.07. The maximum absolute atomic E-state index is 5.29. The van der Waals surface area contributed by atoms with E-state index in [0.717, 1.165) is 21.2 Å². The summed E-state index contributed by atoms with van der Waals surface area (Å²) in [5.74, 6) is 0.663. The van der Waals surface area contributed by atoms with Gasteiger partial charge < -0.3 is 0 Å². The predicted octanol–water partition coefficient (Wildman–Crippen LogP) is 5.31. The molecule has 2 aromatic carbocycles. The summed E-state index contributed by atoms with van der Waals surface area (Å²) in [6.07, 6.45) is 3.84. The normalized spacial score (nSPS) is 12.0. The van der Waals surface area contributed by atoms with Gasteiger partial charge in [-0.15, -0.1) is 0 Å². The smallest absolute Gasteiger partial charge is 0.216 e. The quantitative estimate of drug-likeness (QED) is 0.478. The molecule has 3 aromatic rings. The van der Waals surface area contributed by atoms with Crippen LogP contribution in [0.1, 0.15) is 12.5 Å². The second-order valence-corrected chi connectivity index (χ2v) is 6.43. The Morgan fingerprint density at radius 1 is 1.17 bits per heavy atom. The first kappa shape index (κ1) is 16.5. The summed E-state index contributed by atoms with van der Waals surface area (Å²) in [4.78, 5) is 0. The van der Waals surface area contributed by atoms with Gasteiger partial charge in [0.15, 0.2) is 5.82 Å². The maximum atomic E-state index is 5.29. The zero-order chi connectivity index (χ0) is 16.9. The van der Waals surface area contributed by atoms with Gasteiger partial charge in [-0.05, 0) is 42.4 Å². The molecule has 0 saturated heterocycles. The number of aromatic nitrogens is 3. The molecule has 3 rings (SSSR count). The largest absolute Gasteiger partial charge is 0.250 e. The lowest BCUT2D eigenvalue weighted by Crippen LogP contribution is -1.95. The number of hydrogen-bond donors (Lipinski definition) is 1. The van der Waals surface area contributed by atoms with Gasteiger partial charge >= 0.3 is 0 Å². The van der Waals surface area contributed by atoms with Gasteiger partial charge in [-0.3, -0.25) is 0 Å². The molecule has 0 radical (unpaired) electrons. The van der Waals surface area contributed by atoms with Crippen LogP contribution in [0.5, 0.6) is 0 Å². The van der Waals surface area contributed by atoms with E-state index in [-0.39, 0.29) is 0 Å². The highest BCUT2D eigenvalue weighted by Crippen LogP contribution is 2.26. The lowest BCUT2D eigenvalue weighted by molar-refractivity contribution is 0.871. The topological polar surface area (TPSA) is 46.0 Å². The van der Waals surface area contributed by atoms with E-state index in [1.807, 2.05) is 61.5 Å². The molecular weight excluding hydrogens is 384 g/mol. The number of hydrogen-bond acceptors (Lipinski definition) is 3. The SMILES string of the molecule is CC(/C=N/n1c(-c2ccccc2Br)n[nH]c1=S)=C\c1ccccc1. The Balaban J connectivity index is 1.94. The van der Waals surface area contributed by atoms with Gasteiger partial charge in [0.05, 0.1) is 6.21 Å². The first-order chi connectivity index (χ1) is 11.6. The molecule has 0 unspecified atom stereocenters. The molecule has 6 heteroatoms. The van der Waals surface area contributed by atoms with Crippen LogP contribution >= 0.6 is 28.1 Å². The molecule has 0 aliphatic carbocycles. The van der Waals surface area contributed by atoms with Gasteiger partial charge in [0.1, 0.15) is 0 Å². The van der Waals surface area contributed by atoms with Crippen molar-refractivity contribution in [2.75, 3.05) is 0 Å². The summed E-state index contributed by atoms with van der Waals surface area (Å²) >= 11 is 8.83. The molecule has 1 aromatic heterocycles. The molecular formula is C18H15BrN4S. The van der Waals surface area contributed by atoms with E-state index in [2.05, 4.69) is 37.3 Å². The summed E-state index contributed by atoms with van der Waals surface area (Å²) in [6, 6.07) is 17.9. The third kappa shape index (κ3) is 3.77. The highest BCUT2D eigenvalue weighted by atomic mass is 79.9. The fourth-order valence-corrected chi connectivity index (χ4v) is 2.86. The number of allylic oxidation sites excluding steroid dienone is 1. The van der Waals surface area contributed by atoms with Crippen LogP contribution in [0.2, 0.25) is 0 Å². The van der Waals surface area contributed by atoms with Crippen LogP contribution in [-0.2, 0) is 0 Å². The fourth-order valence-electron chi connectivity index (χ4n) is 2.21. The van der Waals surface area contributed by atoms with Crippen molar-refractivity contribution < 1.29 is 0 Å². The Bertz CT molecular complexity index is 954. The van der Waals surface area contributed by atoms with Crippen molar-refractivity contribution in [1.29, 1.82) is 0 Å². The van der Waals surface area contributed by atoms with Crippen molar-refractivity contribution >= 4 is 40.4 Å². The van der Waals surface area contributed by atoms with Gasteiger partial charge in [0.2, 0.25) is 4.77 Å². The highest BCUT2D eigenvalue weighted by molar-refractivity contribution is 9.10. The molecule has 1 heterocycles. The molecule has 1 N–H and O–H groups in total. The van der Waals surface area contributed by atoms with E-state index < -0.39 is 0 Å². The number of H-pyrrole nitrogens is 1. The van der Waals surface area contributed by atoms with E-state index in [0.29, 0.717) is 10.6 Å². The van der Waals surface area contributed by atoms with Gasteiger partial charge in [0, 0.05) is 10.0 Å². The molecule has 120 valence electrons. The minimum absolute atomic E-state index is 0.449. The monoisotopic (exact) mass is 398 g/mol. The number of nitrogens with one attached hydrogen (secondary N) is 1. The molecule has 0 atom stereocenters. The predicted molar refractivity (Wildman–Crippen MR) is 105 cm³/mol. The second kappa shape index (κ2) is 7.51. The Labute approximate surface area is 153 Å². The number of benzene rings is 2. The summed E-state index contributed by atoms with van der Waals surface area (Å²) in [7, 11) is 0. The number of rotatable bonds is 4. The molecule has 0 spiro atoms. The second-order valence-electron chi connectivity index (χ2n) is 5.19. The zero-order valence-corrected chi connectivity index (χ0v) is 15.4. The van der Waals surface area contributed by atoms with Gasteiger partial charge in [-0.2, -0.15) is 14.9 Å². The zero-order valence-electron chi connectivity index (χ0n) is 13.0. The van der Waals surface area contributed by atoms with E-state index in [1.165, 1.54) is 0 Å². The lowest BCUT2D eigenvalue weighted by atomic mass is 10.1. The van der Waals surface area contributed by atoms with E-state index in [4.69, 9.17) is 12.2 Å². The van der Waals surface area contributed by atoms with Crippen molar-refractivity contribution in [3.63, 3.8) is 0 Å². The molecule has 0 saturated carbocycles. The fraction of sp³-hybridized carbons (Fsp3) is 0.0556. The minimum Gasteiger partial charge on any atom is -0.250 e. The van der Waals surface area contributed by atoms with Crippen LogP contribution in [0.4, 0.5) is 0 Å². The van der Waals surface area contributed by atoms with Gasteiger partial charge in [-0.1, -0.05) is 64.5 Å². The van der Waals surface area contributed by atoms with Crippen LogP contribution < -0.4 is 0 Å². The van der Waals surface area contributed by atoms with Crippen molar-refractivity contribution in [1.82, 2.24) is 14.9 Å². The number of nitrogens with zero attached hydrogens (tertiary/aromatic N) is 3. The molecule has 0 amide bonds. The van der Waals surface area contributed by atoms with Crippen molar-refractivity contribution in [3.8, 4) is 11.4 Å². The third-order valence-electron chi connectivity index (χ3n) is 3.34. The van der Waals surface area contributed by atoms with E-state index in [1.54, 1.807) is 10.9 Å². The van der Waals surface area contributed by atoms with Crippen LogP contribution in [0.15, 0.2) is 69.7 Å². The number of aromatic amines is 1. The average molecular weight is 399 g/mol. The maximum Gasteiger partial charge on any atom is 0.216 e. The molecule has 0 aliphatic heterocycles. The molecule has 24 heavy (non-hydrogen) atoms. The molecule has 0 bridgehead atoms. The van der Waals surface area contributed by atoms with E-state index in [9.17, 15) is 0 Å². The summed E-state index contributed by atoms with van der Waals surface area (Å²) in [5, 5.41) is 11.6. The number of halogens is 1. The van der Waals surface area contributed by atoms with Crippen LogP contribution in [0.25, 0.3) is 17.5 Å². The highest BCUT2D eigenvalue weighted by Gasteiger charge is 2.10. The van der Waals surface area contributed by atoms with Crippen LogP contribution in [-0.4, -0.2) is 21.1 Å². The Hall–Kier alpha value is -2.31. The van der Waals surface area contributed by atoms with Crippen molar-refractivity contribution in [2.45, 2.75) is 6.92 Å². The third-order valence-corrected chi connectivity index (χ3v) is 4.29. The van der Waals surface area contributed by atoms with Gasteiger partial charge in [0.25, 0.3) is 0 Å². The summed E-state index contributed by atoms with van der Waals surface area (Å²) in [6.45, 7) is 2.00. The standard InChI is InChI=1S/C18H15BrN4S/c1-13(11-14-7-3-2-4-8-14)12-20-23-17(21-22-18(23)24)15-9-5-6-10-16(15)19/h2-12H,1H3,(H,22,24)/b13-11+,20-12+. The Morgan fingerprint density at radius 2 is 1.88 bits per heavy atom. The molecule has 0 fully saturated rings. The summed E-state index contributed by atoms with van der Waals surface area (Å²) < 4.78 is 3.01. The first-order valence-electron chi connectivity index (χ1n) is 7.35. The Kier molecular flexibility index (Phi) is 5.17. The van der Waals surface area contributed by atoms with Crippen LogP contribution in [0, 0.1) is 4.77 Å². The van der Waals surface area contributed by atoms with Crippen LogP contribution in [0.3, 0.4) is 0 Å². The lowest BCUT2D eigenvalue weighted by Gasteiger charge is -2.03.